The highest BCUT2D eigenvalue weighted by Crippen LogP contribution is 2.25. The molecule has 98 heavy (non-hydrogen) atoms. The summed E-state index contributed by atoms with van der Waals surface area (Å²) in [5.41, 5.74) is 32.5. The first kappa shape index (κ1) is 77.1. The molecule has 3 saturated heterocycles. The minimum atomic E-state index is -1.65. The molecule has 2 aromatic carbocycles. The third-order valence-electron chi connectivity index (χ3n) is 17.0. The third kappa shape index (κ3) is 23.7. The summed E-state index contributed by atoms with van der Waals surface area (Å²) < 4.78 is 0. The molecule has 1 aromatic heterocycles. The monoisotopic (exact) mass is 1370 g/mol. The number of primary amides is 1. The number of aliphatic hydroxyl groups excluding tert-OH is 2. The predicted molar refractivity (Wildman–Crippen MR) is 357 cm³/mol. The molecule has 3 fully saturated rings. The lowest BCUT2D eigenvalue weighted by molar-refractivity contribution is -0.152. The van der Waals surface area contributed by atoms with Gasteiger partial charge in [0.1, 0.15) is 60.4 Å². The van der Waals surface area contributed by atoms with E-state index in [0.717, 1.165) is 22.7 Å². The van der Waals surface area contributed by atoms with Crippen molar-refractivity contribution >= 4 is 93.8 Å². The Balaban J connectivity index is 1.31. The van der Waals surface area contributed by atoms with Crippen LogP contribution in [0, 0.1) is 0 Å². The Bertz CT molecular complexity index is 3320. The number of hydroxylamine groups is 1. The van der Waals surface area contributed by atoms with Gasteiger partial charge in [0.15, 0.2) is 11.9 Å². The van der Waals surface area contributed by atoms with Crippen molar-refractivity contribution in [3.63, 3.8) is 0 Å². The van der Waals surface area contributed by atoms with Gasteiger partial charge in [-0.1, -0.05) is 68.3 Å². The van der Waals surface area contributed by atoms with Gasteiger partial charge in [-0.2, -0.15) is 5.48 Å². The number of nitrogens with one attached hydrogen (secondary N) is 10. The average Bonchev–Trinajstić information content (AvgIpc) is 1.62. The van der Waals surface area contributed by atoms with Gasteiger partial charge in [-0.25, -0.2) is 0 Å². The lowest BCUT2D eigenvalue weighted by Gasteiger charge is -2.32. The van der Waals surface area contributed by atoms with Crippen LogP contribution >= 0.6 is 0 Å². The number of unbranched alkanes of at least 4 members (excludes halogenated alkanes) is 1. The Morgan fingerprint density at radius 1 is 0.704 bits per heavy atom. The van der Waals surface area contributed by atoms with Gasteiger partial charge in [-0.3, -0.25) is 67.5 Å². The van der Waals surface area contributed by atoms with Crippen LogP contribution in [0.5, 0.6) is 0 Å². The normalized spacial score (nSPS) is 22.7. The van der Waals surface area contributed by atoms with Crippen molar-refractivity contribution in [2.45, 2.75) is 190 Å². The first-order valence-electron chi connectivity index (χ1n) is 33.1. The molecule has 0 radical (unpaired) electrons. The molecule has 4 heterocycles. The molecule has 3 aliphatic rings. The van der Waals surface area contributed by atoms with Crippen LogP contribution in [0.1, 0.15) is 121 Å². The molecule has 1 unspecified atom stereocenters. The van der Waals surface area contributed by atoms with Gasteiger partial charge >= 0.3 is 5.97 Å². The van der Waals surface area contributed by atoms with Crippen LogP contribution in [0.4, 0.5) is 0 Å². The van der Waals surface area contributed by atoms with E-state index in [2.05, 4.69) is 63.0 Å². The molecule has 0 spiro atoms. The Kier molecular flexibility index (Phi) is 30.4. The zero-order valence-electron chi connectivity index (χ0n) is 55.3. The van der Waals surface area contributed by atoms with E-state index in [1.54, 1.807) is 42.6 Å². The van der Waals surface area contributed by atoms with Gasteiger partial charge in [-0.05, 0) is 87.8 Å². The van der Waals surface area contributed by atoms with E-state index in [1.807, 2.05) is 25.1 Å². The second-order valence-electron chi connectivity index (χ2n) is 24.5. The highest BCUT2D eigenvalue weighted by Gasteiger charge is 2.45. The Morgan fingerprint density at radius 3 is 2.05 bits per heavy atom. The number of aromatic amines is 1. The molecule has 0 aliphatic carbocycles. The number of nitrogens with zero attached hydrogens (tertiary/aromatic N) is 4. The Hall–Kier alpha value is -9.96. The molecular formula is C64H95N19O15. The van der Waals surface area contributed by atoms with Crippen LogP contribution in [-0.2, 0) is 75.2 Å². The van der Waals surface area contributed by atoms with Crippen molar-refractivity contribution in [1.82, 2.24) is 62.8 Å². The number of aromatic nitrogens is 1. The minimum absolute atomic E-state index is 0.00599. The zero-order valence-corrected chi connectivity index (χ0v) is 55.3. The number of aliphatic hydroxyl groups is 2. The first-order chi connectivity index (χ1) is 46.9. The number of rotatable bonds is 25. The number of hydrogen-bond donors (Lipinski definition) is 17. The van der Waals surface area contributed by atoms with E-state index in [-0.39, 0.29) is 115 Å². The second kappa shape index (κ2) is 38.7. The molecule has 0 bridgehead atoms. The second-order valence-corrected chi connectivity index (χ2v) is 24.5. The van der Waals surface area contributed by atoms with Gasteiger partial charge in [-0.15, -0.1) is 0 Å². The summed E-state index contributed by atoms with van der Waals surface area (Å²) in [5, 5.41) is 43.2. The van der Waals surface area contributed by atoms with Gasteiger partial charge < -0.3 is 101 Å². The van der Waals surface area contributed by atoms with E-state index < -0.39 is 163 Å². The van der Waals surface area contributed by atoms with Crippen LogP contribution in [0.2, 0.25) is 0 Å². The maximum absolute atomic E-state index is 15.2. The van der Waals surface area contributed by atoms with E-state index in [1.165, 1.54) is 4.90 Å². The lowest BCUT2D eigenvalue weighted by Crippen LogP contribution is -2.60. The van der Waals surface area contributed by atoms with E-state index in [9.17, 15) is 63.0 Å². The summed E-state index contributed by atoms with van der Waals surface area (Å²) in [5.74, 6) is -10.5. The minimum Gasteiger partial charge on any atom is -0.394 e. The molecule has 11 amide bonds. The maximum atomic E-state index is 15.2. The zero-order chi connectivity index (χ0) is 71.4. The predicted octanol–water partition coefficient (Wildman–Crippen LogP) is -4.41. The van der Waals surface area contributed by atoms with E-state index in [4.69, 9.17) is 33.5 Å². The maximum Gasteiger partial charge on any atom is 0.324 e. The van der Waals surface area contributed by atoms with Gasteiger partial charge in [0.2, 0.25) is 65.0 Å². The Morgan fingerprint density at radius 2 is 1.36 bits per heavy atom. The molecule has 11 atom stereocenters. The molecule has 3 aromatic rings. The standard InChI is InChI=1S/C64H95N19O15/c1-3-4-18-43(77-59(94)50-23-14-29-82(50)61(96)45(22-13-27-71-64(68)69)78-58(93)49(35-84)74-36(2)85)54(89)79-46-24-25-52(87)98-73-28-11-10-20-42(53(65)88)75-57(92)48(31-38-33-72-41-19-9-8-17-40(38)41)80-55(90)44(21-12-26-70-63(66)67)76-56(91)47(30-37-15-6-5-7-16-37)81-60(95)51-32-39(86)34-83(51)62(46)97/h5-9,15-17,19,33,39,42-51,72-73,84,86H,3-4,10-14,18,20-32,34-35H2,1-2H3,(H2,65,88)(H,74,85)(H,75,92)(H,76,91)(H,77,94)(H,78,93)(H,79,89)(H,80,90)(H,81,95)(H4,66,67,70)(H4,68,69,71)/t39?,42-,43-,44-,45-,46-,47+,48-,49-,50-,51-/m0/s1. The van der Waals surface area contributed by atoms with Gasteiger partial charge in [0.05, 0.1) is 12.7 Å². The number of hydrogen-bond acceptors (Lipinski definition) is 18. The fourth-order valence-electron chi connectivity index (χ4n) is 11.9. The van der Waals surface area contributed by atoms with Crippen molar-refractivity contribution in [3.8, 4) is 0 Å². The molecule has 536 valence electrons. The fraction of sp³-hybridized carbons (Fsp3) is 0.562. The highest BCUT2D eigenvalue weighted by atomic mass is 16.7. The first-order valence-corrected chi connectivity index (χ1v) is 33.1. The molecule has 3 aliphatic heterocycles. The number of amides is 11. The number of para-hydroxylation sites is 1. The number of benzene rings is 2. The van der Waals surface area contributed by atoms with Crippen LogP contribution in [0.3, 0.4) is 0 Å². The van der Waals surface area contributed by atoms with E-state index >= 15 is 4.79 Å². The summed E-state index contributed by atoms with van der Waals surface area (Å²) in [7, 11) is 0. The summed E-state index contributed by atoms with van der Waals surface area (Å²) in [6.45, 7) is 1.86. The van der Waals surface area contributed by atoms with Crippen LogP contribution < -0.4 is 76.7 Å². The number of carbonyl (C=O) groups excluding carboxylic acids is 12. The third-order valence-corrected chi connectivity index (χ3v) is 17.0. The van der Waals surface area contributed by atoms with Crippen LogP contribution in [0.15, 0.2) is 70.8 Å². The lowest BCUT2D eigenvalue weighted by atomic mass is 10.0. The molecule has 0 saturated carbocycles. The Labute approximate surface area is 566 Å². The van der Waals surface area contributed by atoms with Gasteiger partial charge in [0, 0.05) is 82.4 Å². The van der Waals surface area contributed by atoms with Crippen LogP contribution in [0.25, 0.3) is 10.9 Å². The summed E-state index contributed by atoms with van der Waals surface area (Å²) in [4.78, 5) is 188. The van der Waals surface area contributed by atoms with Gasteiger partial charge in [0.25, 0.3) is 0 Å². The number of carbonyl (C=O) groups is 12. The van der Waals surface area contributed by atoms with Crippen molar-refractivity contribution in [2.24, 2.45) is 38.7 Å². The summed E-state index contributed by atoms with van der Waals surface area (Å²) in [6, 6.07) is 1.76. The van der Waals surface area contributed by atoms with Crippen molar-refractivity contribution < 1.29 is 72.6 Å². The molecule has 22 N–H and O–H groups in total. The SMILES string of the molecule is CCCC[C@H](NC(=O)[C@@H]1CCCN1C(=O)[C@H](CCCN=C(N)N)NC(=O)[C@H](CO)NC(C)=O)C(=O)N[C@H]1CCC(=O)ONCCCC[C@@H](C(N)=O)NC(=O)[C@H](Cc2c[nH]c3ccccc23)NC(=O)[C@H](CCCN=C(N)N)NC(=O)[C@@H](Cc2ccccc2)NC(=O)[C@@H]2CC(O)CN2C1=O. The van der Waals surface area contributed by atoms with Crippen molar-refractivity contribution in [3.05, 3.63) is 71.9 Å². The van der Waals surface area contributed by atoms with Crippen molar-refractivity contribution in [1.29, 1.82) is 0 Å². The van der Waals surface area contributed by atoms with Crippen molar-refractivity contribution in [2.75, 3.05) is 39.3 Å². The topological polar surface area (TPSA) is 540 Å². The molecular weight excluding hydrogens is 1270 g/mol. The fourth-order valence-corrected chi connectivity index (χ4v) is 11.9. The number of likely N-dealkylation sites (tertiary alicyclic amines) is 1. The number of fused-ring (bicyclic) bond motifs is 2. The number of guanidine groups is 2. The van der Waals surface area contributed by atoms with Crippen LogP contribution in [-0.4, -0.2) is 214 Å². The van der Waals surface area contributed by atoms with E-state index in [0.29, 0.717) is 30.4 Å². The molecule has 34 nitrogen and oxygen atoms in total. The number of aliphatic imine (C=N–C) groups is 2. The summed E-state index contributed by atoms with van der Waals surface area (Å²) in [6.07, 6.45) is 0.688. The number of H-pyrrole nitrogens is 1. The molecule has 6 rings (SSSR count). The number of nitrogens with two attached hydrogens (primary N) is 5. The molecule has 34 heteroatoms. The largest absolute Gasteiger partial charge is 0.394 e. The highest BCUT2D eigenvalue weighted by molar-refractivity contribution is 6.00. The summed E-state index contributed by atoms with van der Waals surface area (Å²) >= 11 is 0. The quantitative estimate of drug-likeness (QED) is 0.0216. The smallest absolute Gasteiger partial charge is 0.324 e. The average molecular weight is 1370 g/mol.